The summed E-state index contributed by atoms with van der Waals surface area (Å²) in [5, 5.41) is 2.35. The number of anilines is 1. The number of piperidine rings is 1. The lowest BCUT2D eigenvalue weighted by Crippen LogP contribution is -2.46. The van der Waals surface area contributed by atoms with Gasteiger partial charge in [-0.3, -0.25) is 0 Å². The zero-order chi connectivity index (χ0) is 19.4. The number of nitrogens with zero attached hydrogens (tertiary/aromatic N) is 3. The van der Waals surface area contributed by atoms with E-state index in [2.05, 4.69) is 31.2 Å². The van der Waals surface area contributed by atoms with E-state index in [-0.39, 0.29) is 24.3 Å². The maximum Gasteiger partial charge on any atom is 0.418 e. The number of rotatable bonds is 3. The number of amides is 2. The zero-order valence-corrected chi connectivity index (χ0v) is 15.6. The number of benzene rings is 1. The molecule has 3 rings (SSSR count). The lowest BCUT2D eigenvalue weighted by molar-refractivity contribution is -0.136. The number of carbonyl (C=O) groups excluding carboxylic acids is 1. The van der Waals surface area contributed by atoms with Gasteiger partial charge in [0.1, 0.15) is 6.10 Å². The molecule has 6 nitrogen and oxygen atoms in total. The van der Waals surface area contributed by atoms with E-state index < -0.39 is 17.8 Å². The number of likely N-dealkylation sites (tertiary alicyclic amines) is 1. The minimum atomic E-state index is -4.55. The van der Waals surface area contributed by atoms with E-state index in [4.69, 9.17) is 4.74 Å². The van der Waals surface area contributed by atoms with Crippen molar-refractivity contribution in [1.82, 2.24) is 14.9 Å². The van der Waals surface area contributed by atoms with E-state index in [1.54, 1.807) is 12.4 Å². The number of ether oxygens (including phenoxy) is 1. The van der Waals surface area contributed by atoms with Crippen LogP contribution in [0, 0.1) is 0 Å². The van der Waals surface area contributed by atoms with Gasteiger partial charge in [-0.1, -0.05) is 12.1 Å². The van der Waals surface area contributed by atoms with Crippen LogP contribution in [-0.2, 0) is 6.18 Å². The molecule has 1 fully saturated rings. The van der Waals surface area contributed by atoms with Crippen molar-refractivity contribution in [1.29, 1.82) is 0 Å². The Kier molecular flexibility index (Phi) is 5.83. The van der Waals surface area contributed by atoms with E-state index in [9.17, 15) is 18.0 Å². The van der Waals surface area contributed by atoms with Gasteiger partial charge in [0.15, 0.2) is 0 Å². The lowest BCUT2D eigenvalue weighted by Gasteiger charge is -2.32. The number of urea groups is 1. The molecule has 144 valence electrons. The average Bonchev–Trinajstić information content (AvgIpc) is 2.63. The summed E-state index contributed by atoms with van der Waals surface area (Å²) in [6.07, 6.45) is -0.426. The van der Waals surface area contributed by atoms with Crippen LogP contribution in [0.2, 0.25) is 0 Å². The van der Waals surface area contributed by atoms with Crippen LogP contribution in [0.3, 0.4) is 0 Å². The summed E-state index contributed by atoms with van der Waals surface area (Å²) < 4.78 is 45.6. The Labute approximate surface area is 161 Å². The second kappa shape index (κ2) is 8.12. The van der Waals surface area contributed by atoms with Crippen molar-refractivity contribution in [3.63, 3.8) is 0 Å². The van der Waals surface area contributed by atoms with Crippen molar-refractivity contribution in [3.05, 3.63) is 46.7 Å². The van der Waals surface area contributed by atoms with Crippen LogP contribution in [0.15, 0.2) is 41.1 Å². The van der Waals surface area contributed by atoms with Crippen molar-refractivity contribution in [3.8, 4) is 6.01 Å². The Morgan fingerprint density at radius 1 is 1.26 bits per heavy atom. The molecule has 0 saturated carbocycles. The van der Waals surface area contributed by atoms with E-state index in [1.165, 1.54) is 23.1 Å². The molecular formula is C17H16BrF3N4O2. The van der Waals surface area contributed by atoms with Crippen molar-refractivity contribution < 1.29 is 22.7 Å². The molecule has 1 aliphatic heterocycles. The molecule has 1 atom stereocenters. The van der Waals surface area contributed by atoms with Gasteiger partial charge in [-0.15, -0.1) is 0 Å². The van der Waals surface area contributed by atoms with Gasteiger partial charge in [0.2, 0.25) is 0 Å². The lowest BCUT2D eigenvalue weighted by atomic mass is 10.1. The number of aromatic nitrogens is 2. The van der Waals surface area contributed by atoms with E-state index in [0.717, 1.165) is 6.07 Å². The van der Waals surface area contributed by atoms with Crippen molar-refractivity contribution in [2.24, 2.45) is 0 Å². The highest BCUT2D eigenvalue weighted by molar-refractivity contribution is 9.10. The fourth-order valence-electron chi connectivity index (χ4n) is 2.76. The summed E-state index contributed by atoms with van der Waals surface area (Å²) in [4.78, 5) is 21.9. The van der Waals surface area contributed by atoms with Gasteiger partial charge in [-0.25, -0.2) is 14.8 Å². The molecule has 1 aromatic carbocycles. The third-order valence-corrected chi connectivity index (χ3v) is 4.42. The Morgan fingerprint density at radius 3 is 2.67 bits per heavy atom. The molecule has 2 amide bonds. The van der Waals surface area contributed by atoms with Gasteiger partial charge in [-0.05, 0) is 40.9 Å². The van der Waals surface area contributed by atoms with Crippen molar-refractivity contribution in [2.45, 2.75) is 25.1 Å². The number of carbonyl (C=O) groups is 1. The number of para-hydroxylation sites is 1. The molecule has 2 heterocycles. The normalized spacial score (nSPS) is 17.5. The van der Waals surface area contributed by atoms with Crippen LogP contribution in [-0.4, -0.2) is 40.1 Å². The Morgan fingerprint density at radius 2 is 1.96 bits per heavy atom. The zero-order valence-electron chi connectivity index (χ0n) is 14.0. The van der Waals surface area contributed by atoms with Crippen LogP contribution in [0.25, 0.3) is 0 Å². The van der Waals surface area contributed by atoms with Crippen LogP contribution in [0.4, 0.5) is 23.7 Å². The molecule has 1 aliphatic rings. The highest BCUT2D eigenvalue weighted by Gasteiger charge is 2.34. The molecule has 0 bridgehead atoms. The standard InChI is InChI=1S/C17H16BrF3N4O2/c18-11-8-22-15(23-9-11)27-12-4-3-7-25(10-12)16(26)24-14-6-2-1-5-13(14)17(19,20)21/h1-2,5-6,8-9,12H,3-4,7,10H2,(H,24,26). The predicted octanol–water partition coefficient (Wildman–Crippen LogP) is 4.33. The van der Waals surface area contributed by atoms with Gasteiger partial charge in [0, 0.05) is 18.9 Å². The molecule has 1 unspecified atom stereocenters. The van der Waals surface area contributed by atoms with Crippen LogP contribution in [0.1, 0.15) is 18.4 Å². The Bertz CT molecular complexity index is 802. The van der Waals surface area contributed by atoms with Gasteiger partial charge < -0.3 is 15.0 Å². The van der Waals surface area contributed by atoms with Crippen molar-refractivity contribution >= 4 is 27.6 Å². The largest absolute Gasteiger partial charge is 0.458 e. The molecule has 1 saturated heterocycles. The van der Waals surface area contributed by atoms with E-state index >= 15 is 0 Å². The first-order valence-electron chi connectivity index (χ1n) is 8.19. The smallest absolute Gasteiger partial charge is 0.418 e. The van der Waals surface area contributed by atoms with Crippen LogP contribution >= 0.6 is 15.9 Å². The van der Waals surface area contributed by atoms with Gasteiger partial charge in [0.25, 0.3) is 0 Å². The number of hydrogen-bond acceptors (Lipinski definition) is 4. The highest BCUT2D eigenvalue weighted by Crippen LogP contribution is 2.34. The first-order chi connectivity index (χ1) is 12.8. The summed E-state index contributed by atoms with van der Waals surface area (Å²) in [6, 6.07) is 4.47. The second-order valence-electron chi connectivity index (χ2n) is 5.99. The van der Waals surface area contributed by atoms with Gasteiger partial charge >= 0.3 is 18.2 Å². The number of alkyl halides is 3. The maximum absolute atomic E-state index is 13.1. The molecule has 1 aromatic heterocycles. The highest BCUT2D eigenvalue weighted by atomic mass is 79.9. The summed E-state index contributed by atoms with van der Waals surface area (Å²) >= 11 is 3.23. The maximum atomic E-state index is 13.1. The Hall–Kier alpha value is -2.36. The van der Waals surface area contributed by atoms with Crippen LogP contribution in [0.5, 0.6) is 6.01 Å². The summed E-state index contributed by atoms with van der Waals surface area (Å²) in [7, 11) is 0. The minimum Gasteiger partial charge on any atom is -0.458 e. The van der Waals surface area contributed by atoms with E-state index in [0.29, 0.717) is 23.9 Å². The number of halogens is 4. The molecule has 1 N–H and O–H groups in total. The van der Waals surface area contributed by atoms with Gasteiger partial charge in [-0.2, -0.15) is 13.2 Å². The topological polar surface area (TPSA) is 67.4 Å². The fourth-order valence-corrected chi connectivity index (χ4v) is 2.97. The molecule has 0 spiro atoms. The third kappa shape index (κ3) is 5.09. The molecular weight excluding hydrogens is 429 g/mol. The molecule has 10 heteroatoms. The van der Waals surface area contributed by atoms with Crippen molar-refractivity contribution in [2.75, 3.05) is 18.4 Å². The number of nitrogens with one attached hydrogen (secondary N) is 1. The first kappa shape index (κ1) is 19.4. The summed E-state index contributed by atoms with van der Waals surface area (Å²) in [6.45, 7) is 0.667. The van der Waals surface area contributed by atoms with E-state index in [1.807, 2.05) is 0 Å². The monoisotopic (exact) mass is 444 g/mol. The quantitative estimate of drug-likeness (QED) is 0.764. The predicted molar refractivity (Wildman–Crippen MR) is 95.4 cm³/mol. The molecule has 2 aromatic rings. The third-order valence-electron chi connectivity index (χ3n) is 4.01. The Balaban J connectivity index is 1.64. The summed E-state index contributed by atoms with van der Waals surface area (Å²) in [5.41, 5.74) is -1.15. The van der Waals surface area contributed by atoms with Crippen LogP contribution < -0.4 is 10.1 Å². The number of hydrogen-bond donors (Lipinski definition) is 1. The SMILES string of the molecule is O=C(Nc1ccccc1C(F)(F)F)N1CCCC(Oc2ncc(Br)cn2)C1. The fraction of sp³-hybridized carbons (Fsp3) is 0.353. The summed E-state index contributed by atoms with van der Waals surface area (Å²) in [5.74, 6) is 0. The van der Waals surface area contributed by atoms with Gasteiger partial charge in [0.05, 0.1) is 22.3 Å². The molecule has 0 radical (unpaired) electrons. The average molecular weight is 445 g/mol. The first-order valence-corrected chi connectivity index (χ1v) is 8.98. The molecule has 0 aliphatic carbocycles. The second-order valence-corrected chi connectivity index (χ2v) is 6.90. The molecule has 27 heavy (non-hydrogen) atoms. The minimum absolute atomic E-state index is 0.188.